The summed E-state index contributed by atoms with van der Waals surface area (Å²) in [5.74, 6) is -0.559. The van der Waals surface area contributed by atoms with Gasteiger partial charge in [-0.15, -0.1) is 0 Å². The molecule has 0 aromatic heterocycles. The molecule has 192 valence electrons. The standard InChI is InChI=1S/C29H27Cl2NO5/c1-29(2,3)19-4-9-22(10-5-19)37-23-11-7-21(8-12-23)32-16-18(14-27(32)34)28(35)36-17-26(33)24-13-6-20(30)15-25(24)31/h4-13,15,18H,14,16-17H2,1-3H3/t18-/m0/s1. The second-order valence-corrected chi connectivity index (χ2v) is 10.8. The average Bonchev–Trinajstić information content (AvgIpc) is 3.24. The van der Waals surface area contributed by atoms with E-state index in [1.807, 2.05) is 24.3 Å². The highest BCUT2D eigenvalue weighted by molar-refractivity contribution is 6.36. The summed E-state index contributed by atoms with van der Waals surface area (Å²) in [6, 6.07) is 19.5. The van der Waals surface area contributed by atoms with Gasteiger partial charge < -0.3 is 14.4 Å². The highest BCUT2D eigenvalue weighted by atomic mass is 35.5. The third-order valence-electron chi connectivity index (χ3n) is 6.14. The first-order chi connectivity index (χ1) is 17.5. The van der Waals surface area contributed by atoms with Crippen molar-refractivity contribution in [2.45, 2.75) is 32.6 Å². The van der Waals surface area contributed by atoms with E-state index in [2.05, 4.69) is 20.8 Å². The molecule has 1 aliphatic rings. The van der Waals surface area contributed by atoms with E-state index < -0.39 is 24.3 Å². The second kappa shape index (κ2) is 11.0. The lowest BCUT2D eigenvalue weighted by Crippen LogP contribution is -2.27. The molecule has 0 N–H and O–H groups in total. The van der Waals surface area contributed by atoms with E-state index in [9.17, 15) is 14.4 Å². The zero-order valence-corrected chi connectivity index (χ0v) is 22.3. The Kier molecular flexibility index (Phi) is 7.90. The van der Waals surface area contributed by atoms with E-state index >= 15 is 0 Å². The number of rotatable bonds is 7. The van der Waals surface area contributed by atoms with Gasteiger partial charge in [-0.2, -0.15) is 0 Å². The normalized spacial score (nSPS) is 15.5. The number of hydrogen-bond acceptors (Lipinski definition) is 5. The number of carbonyl (C=O) groups is 3. The number of esters is 1. The molecule has 3 aromatic rings. The molecule has 1 aliphatic heterocycles. The van der Waals surface area contributed by atoms with E-state index in [4.69, 9.17) is 32.7 Å². The number of ether oxygens (including phenoxy) is 2. The lowest BCUT2D eigenvalue weighted by Gasteiger charge is -2.19. The van der Waals surface area contributed by atoms with Gasteiger partial charge in [0.25, 0.3) is 0 Å². The minimum absolute atomic E-state index is 0.00705. The van der Waals surface area contributed by atoms with Gasteiger partial charge in [-0.05, 0) is 65.6 Å². The van der Waals surface area contributed by atoms with Gasteiger partial charge in [0.05, 0.1) is 10.9 Å². The molecular weight excluding hydrogens is 513 g/mol. The van der Waals surface area contributed by atoms with Crippen LogP contribution in [-0.2, 0) is 19.7 Å². The van der Waals surface area contributed by atoms with Crippen molar-refractivity contribution in [1.82, 2.24) is 0 Å². The van der Waals surface area contributed by atoms with Crippen LogP contribution in [-0.4, -0.2) is 30.8 Å². The molecule has 1 fully saturated rings. The van der Waals surface area contributed by atoms with E-state index in [1.54, 1.807) is 24.3 Å². The van der Waals surface area contributed by atoms with Crippen LogP contribution in [0.15, 0.2) is 66.7 Å². The molecule has 6 nitrogen and oxygen atoms in total. The smallest absolute Gasteiger partial charge is 0.311 e. The third-order valence-corrected chi connectivity index (χ3v) is 6.69. The maximum atomic E-state index is 12.6. The maximum Gasteiger partial charge on any atom is 0.311 e. The summed E-state index contributed by atoms with van der Waals surface area (Å²) in [6.07, 6.45) is 0.00705. The van der Waals surface area contributed by atoms with Crippen molar-refractivity contribution >= 4 is 46.5 Å². The summed E-state index contributed by atoms with van der Waals surface area (Å²) in [5, 5.41) is 0.586. The highest BCUT2D eigenvalue weighted by Crippen LogP contribution is 2.31. The van der Waals surface area contributed by atoms with E-state index in [0.717, 1.165) is 5.75 Å². The fraction of sp³-hybridized carbons (Fsp3) is 0.276. The topological polar surface area (TPSA) is 72.9 Å². The molecular formula is C29H27Cl2NO5. The Morgan fingerprint density at radius 2 is 1.57 bits per heavy atom. The van der Waals surface area contributed by atoms with Gasteiger partial charge >= 0.3 is 5.97 Å². The molecule has 8 heteroatoms. The van der Waals surface area contributed by atoms with Crippen LogP contribution < -0.4 is 9.64 Å². The van der Waals surface area contributed by atoms with Gasteiger partial charge in [-0.3, -0.25) is 14.4 Å². The number of amides is 1. The maximum absolute atomic E-state index is 12.6. The SMILES string of the molecule is CC(C)(C)c1ccc(Oc2ccc(N3C[C@@H](C(=O)OCC(=O)c4ccc(Cl)cc4Cl)CC3=O)cc2)cc1. The number of nitrogens with zero attached hydrogens (tertiary/aromatic N) is 1. The lowest BCUT2D eigenvalue weighted by atomic mass is 9.87. The summed E-state index contributed by atoms with van der Waals surface area (Å²) in [5.41, 5.74) is 2.15. The van der Waals surface area contributed by atoms with E-state index in [0.29, 0.717) is 16.5 Å². The van der Waals surface area contributed by atoms with E-state index in [-0.39, 0.29) is 34.9 Å². The first-order valence-electron chi connectivity index (χ1n) is 11.8. The summed E-state index contributed by atoms with van der Waals surface area (Å²) in [6.45, 7) is 6.17. The second-order valence-electron chi connectivity index (χ2n) is 9.93. The Hall–Kier alpha value is -3.35. The minimum Gasteiger partial charge on any atom is -0.457 e. The molecule has 0 aliphatic carbocycles. The number of halogens is 2. The van der Waals surface area contributed by atoms with Crippen molar-refractivity contribution in [1.29, 1.82) is 0 Å². The number of carbonyl (C=O) groups excluding carboxylic acids is 3. The van der Waals surface area contributed by atoms with Gasteiger partial charge in [-0.1, -0.05) is 56.1 Å². The molecule has 3 aromatic carbocycles. The van der Waals surface area contributed by atoms with Crippen LogP contribution in [0, 0.1) is 5.92 Å². The number of anilines is 1. The first-order valence-corrected chi connectivity index (χ1v) is 12.6. The van der Waals surface area contributed by atoms with Crippen LogP contribution >= 0.6 is 23.2 Å². The molecule has 0 bridgehead atoms. The minimum atomic E-state index is -0.668. The highest BCUT2D eigenvalue weighted by Gasteiger charge is 2.36. The zero-order valence-electron chi connectivity index (χ0n) is 20.8. The molecule has 0 unspecified atom stereocenters. The van der Waals surface area contributed by atoms with Crippen LogP contribution in [0.2, 0.25) is 10.0 Å². The molecule has 1 amide bonds. The quantitative estimate of drug-likeness (QED) is 0.242. The van der Waals surface area contributed by atoms with Gasteiger partial charge in [0, 0.05) is 29.2 Å². The molecule has 1 saturated heterocycles. The summed E-state index contributed by atoms with van der Waals surface area (Å²) < 4.78 is 11.1. The Labute approximate surface area is 226 Å². The van der Waals surface area contributed by atoms with Crippen LogP contribution in [0.4, 0.5) is 5.69 Å². The molecule has 4 rings (SSSR count). The fourth-order valence-corrected chi connectivity index (χ4v) is 4.53. The van der Waals surface area contributed by atoms with Crippen molar-refractivity contribution in [3.63, 3.8) is 0 Å². The van der Waals surface area contributed by atoms with Crippen LogP contribution in [0.25, 0.3) is 0 Å². The predicted molar refractivity (Wildman–Crippen MR) is 144 cm³/mol. The molecule has 0 radical (unpaired) electrons. The number of ketones is 1. The number of Topliss-reactive ketones (excluding diaryl/α,β-unsaturated/α-hetero) is 1. The van der Waals surface area contributed by atoms with Crippen molar-refractivity contribution < 1.29 is 23.9 Å². The number of benzene rings is 3. The van der Waals surface area contributed by atoms with Gasteiger partial charge in [0.1, 0.15) is 11.5 Å². The number of hydrogen-bond donors (Lipinski definition) is 0. The predicted octanol–water partition coefficient (Wildman–Crippen LogP) is 6.86. The summed E-state index contributed by atoms with van der Waals surface area (Å²) >= 11 is 11.9. The van der Waals surface area contributed by atoms with Crippen LogP contribution in [0.5, 0.6) is 11.5 Å². The zero-order chi connectivity index (χ0) is 26.7. The largest absolute Gasteiger partial charge is 0.457 e. The van der Waals surface area contributed by atoms with Gasteiger partial charge in [0.15, 0.2) is 6.61 Å². The molecule has 1 heterocycles. The van der Waals surface area contributed by atoms with Crippen molar-refractivity contribution in [3.8, 4) is 11.5 Å². The third kappa shape index (κ3) is 6.51. The first kappa shape index (κ1) is 26.7. The summed E-state index contributed by atoms with van der Waals surface area (Å²) in [4.78, 5) is 39.1. The average molecular weight is 540 g/mol. The van der Waals surface area contributed by atoms with Crippen LogP contribution in [0.1, 0.15) is 43.1 Å². The van der Waals surface area contributed by atoms with Crippen LogP contribution in [0.3, 0.4) is 0 Å². The lowest BCUT2D eigenvalue weighted by molar-refractivity contribution is -0.147. The molecule has 0 saturated carbocycles. The molecule has 37 heavy (non-hydrogen) atoms. The monoisotopic (exact) mass is 539 g/mol. The Morgan fingerprint density at radius 1 is 0.946 bits per heavy atom. The molecule has 1 atom stereocenters. The fourth-order valence-electron chi connectivity index (χ4n) is 4.02. The van der Waals surface area contributed by atoms with Gasteiger partial charge in [0.2, 0.25) is 11.7 Å². The molecule has 0 spiro atoms. The Bertz CT molecular complexity index is 1310. The Balaban J connectivity index is 1.33. The Morgan fingerprint density at radius 3 is 2.16 bits per heavy atom. The van der Waals surface area contributed by atoms with Gasteiger partial charge in [-0.25, -0.2) is 0 Å². The summed E-state index contributed by atoms with van der Waals surface area (Å²) in [7, 11) is 0. The van der Waals surface area contributed by atoms with E-state index in [1.165, 1.54) is 28.7 Å². The van der Waals surface area contributed by atoms with Crippen molar-refractivity contribution in [3.05, 3.63) is 87.9 Å². The van der Waals surface area contributed by atoms with Crippen molar-refractivity contribution in [2.75, 3.05) is 18.1 Å². The van der Waals surface area contributed by atoms with Crippen molar-refractivity contribution in [2.24, 2.45) is 5.92 Å².